The molecule has 1 aliphatic heterocycles. The summed E-state index contributed by atoms with van der Waals surface area (Å²) in [7, 11) is 0. The van der Waals surface area contributed by atoms with Crippen LogP contribution in [0, 0.1) is 0 Å². The van der Waals surface area contributed by atoms with Gasteiger partial charge in [-0.15, -0.1) is 10.2 Å². The molecule has 0 bridgehead atoms. The van der Waals surface area contributed by atoms with Gasteiger partial charge >= 0.3 is 5.97 Å². The van der Waals surface area contributed by atoms with Crippen LogP contribution in [0.2, 0.25) is 0 Å². The van der Waals surface area contributed by atoms with E-state index in [1.165, 1.54) is 4.57 Å². The summed E-state index contributed by atoms with van der Waals surface area (Å²) in [6, 6.07) is 6.96. The van der Waals surface area contributed by atoms with E-state index in [-0.39, 0.29) is 11.6 Å². The number of carboxylic acids is 1. The lowest BCUT2D eigenvalue weighted by molar-refractivity contribution is 0.0693. The molecular formula is C16H15N5O3. The molecule has 2 aromatic rings. The van der Waals surface area contributed by atoms with Gasteiger partial charge in [0, 0.05) is 18.4 Å². The molecular weight excluding hydrogens is 310 g/mol. The second-order valence-electron chi connectivity index (χ2n) is 5.39. The third-order valence-electron chi connectivity index (χ3n) is 3.76. The van der Waals surface area contributed by atoms with Crippen LogP contribution in [0.5, 0.6) is 0 Å². The Morgan fingerprint density at radius 1 is 1.29 bits per heavy atom. The van der Waals surface area contributed by atoms with E-state index >= 15 is 0 Å². The Balaban J connectivity index is 2.13. The van der Waals surface area contributed by atoms with Gasteiger partial charge in [-0.25, -0.2) is 14.8 Å². The van der Waals surface area contributed by atoms with Gasteiger partial charge in [0.25, 0.3) is 5.56 Å². The number of carbonyl (C=O) groups is 1. The number of carboxylic acid groups (broad SMARTS) is 1. The molecule has 0 fully saturated rings. The number of fused-ring (bicyclic) bond motifs is 1. The van der Waals surface area contributed by atoms with Crippen molar-refractivity contribution in [1.82, 2.24) is 14.5 Å². The summed E-state index contributed by atoms with van der Waals surface area (Å²) < 4.78 is 1.37. The van der Waals surface area contributed by atoms with Crippen molar-refractivity contribution in [3.8, 4) is 0 Å². The van der Waals surface area contributed by atoms with Crippen LogP contribution in [-0.4, -0.2) is 31.3 Å². The molecule has 0 spiro atoms. The molecule has 1 atom stereocenters. The Labute approximate surface area is 136 Å². The van der Waals surface area contributed by atoms with E-state index in [9.17, 15) is 9.59 Å². The van der Waals surface area contributed by atoms with Crippen LogP contribution in [0.3, 0.4) is 0 Å². The molecule has 0 aromatic carbocycles. The maximum Gasteiger partial charge on any atom is 0.342 e. The van der Waals surface area contributed by atoms with Crippen LogP contribution in [0.15, 0.2) is 51.7 Å². The van der Waals surface area contributed by atoms with Crippen molar-refractivity contribution in [2.45, 2.75) is 25.8 Å². The summed E-state index contributed by atoms with van der Waals surface area (Å²) in [6.45, 7) is 1.85. The highest BCUT2D eigenvalue weighted by atomic mass is 16.4. The third-order valence-corrected chi connectivity index (χ3v) is 3.76. The Bertz CT molecular complexity index is 927. The maximum atomic E-state index is 12.4. The Morgan fingerprint density at radius 2 is 2.12 bits per heavy atom. The second-order valence-corrected chi connectivity index (χ2v) is 5.39. The van der Waals surface area contributed by atoms with Gasteiger partial charge in [0.2, 0.25) is 0 Å². The lowest BCUT2D eigenvalue weighted by atomic mass is 10.0. The van der Waals surface area contributed by atoms with E-state index in [1.54, 1.807) is 24.4 Å². The minimum Gasteiger partial charge on any atom is -0.477 e. The van der Waals surface area contributed by atoms with Crippen molar-refractivity contribution < 1.29 is 9.90 Å². The normalized spacial score (nSPS) is 19.1. The number of rotatable bonds is 2. The fourth-order valence-electron chi connectivity index (χ4n) is 2.51. The van der Waals surface area contributed by atoms with Gasteiger partial charge in [0.1, 0.15) is 11.3 Å². The van der Waals surface area contributed by atoms with E-state index in [4.69, 9.17) is 5.11 Å². The van der Waals surface area contributed by atoms with E-state index in [2.05, 4.69) is 20.2 Å². The fourth-order valence-corrected chi connectivity index (χ4v) is 2.51. The highest BCUT2D eigenvalue weighted by molar-refractivity contribution is 5.98. The molecule has 1 N–H and O–H groups in total. The van der Waals surface area contributed by atoms with Gasteiger partial charge in [-0.05, 0) is 31.9 Å². The molecule has 8 nitrogen and oxygen atoms in total. The summed E-state index contributed by atoms with van der Waals surface area (Å²) in [5.41, 5.74) is 0.0507. The molecule has 1 aliphatic rings. The van der Waals surface area contributed by atoms with E-state index < -0.39 is 11.5 Å². The van der Waals surface area contributed by atoms with E-state index in [0.29, 0.717) is 29.9 Å². The predicted molar refractivity (Wildman–Crippen MR) is 85.7 cm³/mol. The largest absolute Gasteiger partial charge is 0.477 e. The maximum absolute atomic E-state index is 12.4. The van der Waals surface area contributed by atoms with Crippen LogP contribution in [-0.2, 0) is 0 Å². The molecule has 0 amide bonds. The zero-order valence-electron chi connectivity index (χ0n) is 13.0. The lowest BCUT2D eigenvalue weighted by Crippen LogP contribution is -2.37. The summed E-state index contributed by atoms with van der Waals surface area (Å²) in [6.07, 6.45) is 3.94. The summed E-state index contributed by atoms with van der Waals surface area (Å²) >= 11 is 0. The van der Waals surface area contributed by atoms with Crippen molar-refractivity contribution in [2.24, 2.45) is 10.2 Å². The smallest absolute Gasteiger partial charge is 0.342 e. The van der Waals surface area contributed by atoms with Crippen molar-refractivity contribution in [1.29, 1.82) is 0 Å². The molecule has 0 radical (unpaired) electrons. The SMILES string of the molecule is CC1CCC(=NN=c2cccccn2)c2ncc(C(=O)O)c(=O)n21. The Hall–Kier alpha value is -3.16. The molecule has 24 heavy (non-hydrogen) atoms. The molecule has 2 aromatic heterocycles. The molecule has 3 heterocycles. The standard InChI is InChI=1S/C16H15N5O3/c1-10-6-7-12(19-20-13-5-3-2-4-8-17-13)14-18-9-11(16(23)24)15(22)21(10)14/h2-5,8-10H,6-7H2,1H3,(H,23,24). The first-order valence-electron chi connectivity index (χ1n) is 7.45. The molecule has 8 heteroatoms. The monoisotopic (exact) mass is 325 g/mol. The minimum atomic E-state index is -1.29. The minimum absolute atomic E-state index is 0.147. The van der Waals surface area contributed by atoms with Crippen LogP contribution >= 0.6 is 0 Å². The Morgan fingerprint density at radius 3 is 2.92 bits per heavy atom. The number of hydrogen-bond acceptors (Lipinski definition) is 6. The molecule has 0 saturated carbocycles. The highest BCUT2D eigenvalue weighted by Crippen LogP contribution is 2.21. The fraction of sp³-hybridized carbons (Fsp3) is 0.250. The average Bonchev–Trinajstić information content (AvgIpc) is 2.82. The number of aromatic nitrogens is 3. The summed E-state index contributed by atoms with van der Waals surface area (Å²) in [4.78, 5) is 31.7. The molecule has 3 rings (SSSR count). The van der Waals surface area contributed by atoms with Crippen molar-refractivity contribution in [3.05, 3.63) is 63.9 Å². The van der Waals surface area contributed by atoms with Gasteiger partial charge in [-0.1, -0.05) is 12.1 Å². The van der Waals surface area contributed by atoms with Crippen LogP contribution in [0.4, 0.5) is 0 Å². The van der Waals surface area contributed by atoms with Crippen molar-refractivity contribution >= 4 is 11.7 Å². The van der Waals surface area contributed by atoms with E-state index in [0.717, 1.165) is 6.20 Å². The summed E-state index contributed by atoms with van der Waals surface area (Å²) in [5, 5.41) is 17.4. The van der Waals surface area contributed by atoms with Gasteiger partial charge in [-0.2, -0.15) is 0 Å². The van der Waals surface area contributed by atoms with Crippen molar-refractivity contribution in [3.63, 3.8) is 0 Å². The van der Waals surface area contributed by atoms with Gasteiger partial charge < -0.3 is 5.11 Å². The predicted octanol–water partition coefficient (Wildman–Crippen LogP) is 0.996. The third kappa shape index (κ3) is 2.98. The van der Waals surface area contributed by atoms with Gasteiger partial charge in [0.15, 0.2) is 11.3 Å². The zero-order valence-corrected chi connectivity index (χ0v) is 13.0. The first-order chi connectivity index (χ1) is 11.6. The van der Waals surface area contributed by atoms with Crippen molar-refractivity contribution in [2.75, 3.05) is 0 Å². The quantitative estimate of drug-likeness (QED) is 0.828. The van der Waals surface area contributed by atoms with Crippen LogP contribution in [0.1, 0.15) is 42.0 Å². The molecule has 122 valence electrons. The van der Waals surface area contributed by atoms with E-state index in [1.807, 2.05) is 13.0 Å². The number of nitrogens with zero attached hydrogens (tertiary/aromatic N) is 5. The highest BCUT2D eigenvalue weighted by Gasteiger charge is 2.26. The van der Waals surface area contributed by atoms with Crippen LogP contribution in [0.25, 0.3) is 0 Å². The second kappa shape index (κ2) is 6.53. The molecule has 0 saturated heterocycles. The van der Waals surface area contributed by atoms with Crippen LogP contribution < -0.4 is 11.0 Å². The topological polar surface area (TPSA) is 110 Å². The Kier molecular flexibility index (Phi) is 4.28. The first-order valence-corrected chi connectivity index (χ1v) is 7.45. The number of hydrogen-bond donors (Lipinski definition) is 1. The van der Waals surface area contributed by atoms with Gasteiger partial charge in [-0.3, -0.25) is 9.36 Å². The molecule has 0 aliphatic carbocycles. The lowest BCUT2D eigenvalue weighted by Gasteiger charge is -2.24. The average molecular weight is 325 g/mol. The first kappa shape index (κ1) is 15.7. The number of aromatic carboxylic acids is 1. The zero-order chi connectivity index (χ0) is 17.1. The summed E-state index contributed by atoms with van der Waals surface area (Å²) in [5.74, 6) is -0.933. The molecule has 1 unspecified atom stereocenters. The van der Waals surface area contributed by atoms with Gasteiger partial charge in [0.05, 0.1) is 0 Å².